The van der Waals surface area contributed by atoms with Crippen molar-refractivity contribution in [3.8, 4) is 0 Å². The quantitative estimate of drug-likeness (QED) is 0.871. The Balaban J connectivity index is 1.49. The SMILES string of the molecule is Nc1nc2c(c(NCc3ccco3)n1)CCN(C(=O)N1CCCC1)CC2. The molecule has 0 saturated carbocycles. The number of furan rings is 1. The minimum Gasteiger partial charge on any atom is -0.467 e. The Hall–Kier alpha value is -2.77. The van der Waals surface area contributed by atoms with Crippen LogP contribution in [0.2, 0.25) is 0 Å². The number of nitrogens with two attached hydrogens (primary N) is 1. The fraction of sp³-hybridized carbons (Fsp3) is 0.500. The number of nitrogens with zero attached hydrogens (tertiary/aromatic N) is 4. The number of anilines is 2. The number of carbonyl (C=O) groups is 1. The fourth-order valence-corrected chi connectivity index (χ4v) is 3.65. The lowest BCUT2D eigenvalue weighted by molar-refractivity contribution is 0.164. The van der Waals surface area contributed by atoms with Gasteiger partial charge in [-0.2, -0.15) is 4.98 Å². The van der Waals surface area contributed by atoms with Crippen LogP contribution in [0.4, 0.5) is 16.6 Å². The second-order valence-electron chi connectivity index (χ2n) is 6.75. The highest BCUT2D eigenvalue weighted by atomic mass is 16.3. The molecule has 2 aromatic heterocycles. The second-order valence-corrected chi connectivity index (χ2v) is 6.75. The van der Waals surface area contributed by atoms with Crippen LogP contribution < -0.4 is 11.1 Å². The Bertz CT molecular complexity index is 770. The van der Waals surface area contributed by atoms with Crippen LogP contribution in [-0.4, -0.2) is 52.0 Å². The van der Waals surface area contributed by atoms with E-state index < -0.39 is 0 Å². The summed E-state index contributed by atoms with van der Waals surface area (Å²) >= 11 is 0. The number of likely N-dealkylation sites (tertiary alicyclic amines) is 1. The van der Waals surface area contributed by atoms with Crippen LogP contribution in [0.5, 0.6) is 0 Å². The number of aromatic nitrogens is 2. The summed E-state index contributed by atoms with van der Waals surface area (Å²) in [6.07, 6.45) is 5.26. The number of nitrogen functional groups attached to an aromatic ring is 1. The highest BCUT2D eigenvalue weighted by molar-refractivity contribution is 5.75. The van der Waals surface area contributed by atoms with Crippen molar-refractivity contribution in [3.63, 3.8) is 0 Å². The summed E-state index contributed by atoms with van der Waals surface area (Å²) in [5, 5.41) is 3.30. The van der Waals surface area contributed by atoms with E-state index in [1.807, 2.05) is 21.9 Å². The number of fused-ring (bicyclic) bond motifs is 1. The molecule has 2 aromatic rings. The molecular formula is C18H24N6O2. The standard InChI is InChI=1S/C18H24N6O2/c19-17-21-15-6-10-24(18(25)23-7-1-2-8-23)9-5-14(15)16(22-17)20-12-13-4-3-11-26-13/h3-4,11H,1-2,5-10,12H2,(H3,19,20,21,22). The molecule has 4 rings (SSSR count). The minimum absolute atomic E-state index is 0.140. The topological polar surface area (TPSA) is 101 Å². The molecule has 0 spiro atoms. The van der Waals surface area contributed by atoms with Crippen molar-refractivity contribution in [1.82, 2.24) is 19.8 Å². The summed E-state index contributed by atoms with van der Waals surface area (Å²) in [7, 11) is 0. The molecule has 8 heteroatoms. The van der Waals surface area contributed by atoms with E-state index in [1.165, 1.54) is 0 Å². The first-order valence-corrected chi connectivity index (χ1v) is 9.16. The molecule has 0 aliphatic carbocycles. The van der Waals surface area contributed by atoms with Gasteiger partial charge in [-0.25, -0.2) is 9.78 Å². The Morgan fingerprint density at radius 2 is 1.92 bits per heavy atom. The zero-order valence-corrected chi connectivity index (χ0v) is 14.8. The summed E-state index contributed by atoms with van der Waals surface area (Å²) < 4.78 is 5.36. The molecule has 2 aliphatic heterocycles. The van der Waals surface area contributed by atoms with Crippen LogP contribution >= 0.6 is 0 Å². The van der Waals surface area contributed by atoms with E-state index in [4.69, 9.17) is 10.2 Å². The monoisotopic (exact) mass is 356 g/mol. The molecule has 3 N–H and O–H groups in total. The molecule has 2 aliphatic rings. The van der Waals surface area contributed by atoms with Crippen molar-refractivity contribution in [2.45, 2.75) is 32.2 Å². The molecule has 0 aromatic carbocycles. The van der Waals surface area contributed by atoms with Crippen LogP contribution in [0, 0.1) is 0 Å². The summed E-state index contributed by atoms with van der Waals surface area (Å²) in [4.78, 5) is 25.4. The number of hydrogen-bond donors (Lipinski definition) is 2. The van der Waals surface area contributed by atoms with Crippen LogP contribution in [-0.2, 0) is 19.4 Å². The van der Waals surface area contributed by atoms with Gasteiger partial charge in [0.15, 0.2) is 0 Å². The lowest BCUT2D eigenvalue weighted by Crippen LogP contribution is -2.42. The van der Waals surface area contributed by atoms with Gasteiger partial charge in [0.05, 0.1) is 18.5 Å². The van der Waals surface area contributed by atoms with Gasteiger partial charge in [0.2, 0.25) is 5.95 Å². The Labute approximate surface area is 152 Å². The predicted octanol–water partition coefficient (Wildman–Crippen LogP) is 1.88. The summed E-state index contributed by atoms with van der Waals surface area (Å²) in [6, 6.07) is 3.90. The van der Waals surface area contributed by atoms with E-state index in [9.17, 15) is 4.79 Å². The third-order valence-electron chi connectivity index (χ3n) is 5.02. The van der Waals surface area contributed by atoms with E-state index >= 15 is 0 Å². The third-order valence-corrected chi connectivity index (χ3v) is 5.02. The zero-order valence-electron chi connectivity index (χ0n) is 14.8. The first kappa shape index (κ1) is 16.7. The number of urea groups is 1. The predicted molar refractivity (Wildman–Crippen MR) is 97.7 cm³/mol. The lowest BCUT2D eigenvalue weighted by atomic mass is 10.1. The van der Waals surface area contributed by atoms with Gasteiger partial charge < -0.3 is 25.3 Å². The average Bonchev–Trinajstić information content (AvgIpc) is 3.30. The second kappa shape index (κ2) is 7.23. The Kier molecular flexibility index (Phi) is 4.64. The molecule has 2 amide bonds. The normalized spacial score (nSPS) is 17.1. The van der Waals surface area contributed by atoms with Crippen molar-refractivity contribution in [2.24, 2.45) is 0 Å². The molecule has 4 heterocycles. The van der Waals surface area contributed by atoms with Crippen LogP contribution in [0.1, 0.15) is 29.9 Å². The highest BCUT2D eigenvalue weighted by Gasteiger charge is 2.27. The van der Waals surface area contributed by atoms with E-state index in [-0.39, 0.29) is 12.0 Å². The van der Waals surface area contributed by atoms with Gasteiger partial charge in [0.25, 0.3) is 0 Å². The number of rotatable bonds is 3. The van der Waals surface area contributed by atoms with Gasteiger partial charge in [-0.05, 0) is 31.4 Å². The number of amides is 2. The van der Waals surface area contributed by atoms with Crippen molar-refractivity contribution in [1.29, 1.82) is 0 Å². The molecule has 26 heavy (non-hydrogen) atoms. The first-order chi connectivity index (χ1) is 12.7. The van der Waals surface area contributed by atoms with E-state index in [0.717, 1.165) is 55.2 Å². The lowest BCUT2D eigenvalue weighted by Gasteiger charge is -2.26. The van der Waals surface area contributed by atoms with Crippen molar-refractivity contribution >= 4 is 17.8 Å². The average molecular weight is 356 g/mol. The minimum atomic E-state index is 0.140. The van der Waals surface area contributed by atoms with Crippen molar-refractivity contribution in [3.05, 3.63) is 35.4 Å². The third kappa shape index (κ3) is 3.44. The van der Waals surface area contributed by atoms with Crippen molar-refractivity contribution in [2.75, 3.05) is 37.2 Å². The molecule has 0 bridgehead atoms. The molecule has 0 radical (unpaired) electrons. The van der Waals surface area contributed by atoms with Gasteiger partial charge in [0, 0.05) is 38.2 Å². The highest BCUT2D eigenvalue weighted by Crippen LogP contribution is 2.24. The zero-order chi connectivity index (χ0) is 17.9. The summed E-state index contributed by atoms with van der Waals surface area (Å²) in [5.41, 5.74) is 7.87. The molecule has 138 valence electrons. The number of nitrogens with one attached hydrogen (secondary N) is 1. The van der Waals surface area contributed by atoms with Crippen LogP contribution in [0.3, 0.4) is 0 Å². The van der Waals surface area contributed by atoms with E-state index in [2.05, 4.69) is 15.3 Å². The maximum Gasteiger partial charge on any atom is 0.320 e. The van der Waals surface area contributed by atoms with E-state index in [1.54, 1.807) is 6.26 Å². The fourth-order valence-electron chi connectivity index (χ4n) is 3.65. The molecular weight excluding hydrogens is 332 g/mol. The van der Waals surface area contributed by atoms with Gasteiger partial charge in [-0.1, -0.05) is 0 Å². The first-order valence-electron chi connectivity index (χ1n) is 9.16. The largest absolute Gasteiger partial charge is 0.467 e. The van der Waals surface area contributed by atoms with Crippen LogP contribution in [0.25, 0.3) is 0 Å². The smallest absolute Gasteiger partial charge is 0.320 e. The summed E-state index contributed by atoms with van der Waals surface area (Å²) in [6.45, 7) is 3.60. The number of hydrogen-bond acceptors (Lipinski definition) is 6. The molecule has 1 saturated heterocycles. The van der Waals surface area contributed by atoms with E-state index in [0.29, 0.717) is 26.1 Å². The maximum absolute atomic E-state index is 12.7. The van der Waals surface area contributed by atoms with Crippen molar-refractivity contribution < 1.29 is 9.21 Å². The molecule has 0 unspecified atom stereocenters. The number of carbonyl (C=O) groups excluding carboxylic acids is 1. The molecule has 1 fully saturated rings. The van der Waals surface area contributed by atoms with Gasteiger partial charge >= 0.3 is 6.03 Å². The Morgan fingerprint density at radius 1 is 1.15 bits per heavy atom. The van der Waals surface area contributed by atoms with Gasteiger partial charge in [0.1, 0.15) is 11.6 Å². The van der Waals surface area contributed by atoms with Gasteiger partial charge in [-0.3, -0.25) is 0 Å². The molecule has 0 atom stereocenters. The Morgan fingerprint density at radius 3 is 2.69 bits per heavy atom. The summed E-state index contributed by atoms with van der Waals surface area (Å²) in [5.74, 6) is 1.82. The van der Waals surface area contributed by atoms with Crippen LogP contribution in [0.15, 0.2) is 22.8 Å². The maximum atomic E-state index is 12.7. The molecule has 8 nitrogen and oxygen atoms in total. The van der Waals surface area contributed by atoms with Gasteiger partial charge in [-0.15, -0.1) is 0 Å².